The van der Waals surface area contributed by atoms with E-state index in [1.54, 1.807) is 0 Å². The number of hydrogen-bond donors (Lipinski definition) is 0. The smallest absolute Gasteiger partial charge is 0.153 e. The molecular formula is C16H20N2O. The van der Waals surface area contributed by atoms with Crippen LogP contribution in [0.4, 0.5) is 5.82 Å². The molecule has 0 fully saturated rings. The molecule has 2 rings (SSSR count). The molecule has 0 saturated heterocycles. The van der Waals surface area contributed by atoms with Crippen molar-refractivity contribution in [1.29, 1.82) is 0 Å². The molecule has 2 aromatic rings. The predicted octanol–water partition coefficient (Wildman–Crippen LogP) is 3.67. The van der Waals surface area contributed by atoms with E-state index in [1.165, 1.54) is 0 Å². The standard InChI is InChI=1S/C16H20N2O/c1-5-16(2,3)18(4)15-13(11-19)10-12-8-6-7-9-14(12)17-15/h6-11H,5H2,1-4H3. The number of anilines is 1. The molecule has 0 amide bonds. The zero-order chi connectivity index (χ0) is 14.0. The fraction of sp³-hybridized carbons (Fsp3) is 0.375. The number of nitrogens with zero attached hydrogens (tertiary/aromatic N) is 2. The number of carbonyl (C=O) groups is 1. The van der Waals surface area contributed by atoms with Crippen LogP contribution in [-0.2, 0) is 0 Å². The molecule has 1 heterocycles. The number of para-hydroxylation sites is 1. The lowest BCUT2D eigenvalue weighted by Crippen LogP contribution is -2.41. The second kappa shape index (κ2) is 5.00. The Hall–Kier alpha value is -1.90. The molecule has 0 spiro atoms. The average Bonchev–Trinajstić information content (AvgIpc) is 2.44. The number of carbonyl (C=O) groups excluding carboxylic acids is 1. The van der Waals surface area contributed by atoms with Crippen molar-refractivity contribution in [3.05, 3.63) is 35.9 Å². The van der Waals surface area contributed by atoms with Crippen molar-refractivity contribution in [3.8, 4) is 0 Å². The fourth-order valence-corrected chi connectivity index (χ4v) is 2.00. The molecule has 0 atom stereocenters. The molecule has 0 N–H and O–H groups in total. The van der Waals surface area contributed by atoms with Crippen molar-refractivity contribution in [2.45, 2.75) is 32.7 Å². The number of hydrogen-bond acceptors (Lipinski definition) is 3. The van der Waals surface area contributed by atoms with E-state index in [9.17, 15) is 4.79 Å². The van der Waals surface area contributed by atoms with Crippen LogP contribution >= 0.6 is 0 Å². The molecule has 1 aromatic carbocycles. The van der Waals surface area contributed by atoms with Crippen LogP contribution in [0.3, 0.4) is 0 Å². The summed E-state index contributed by atoms with van der Waals surface area (Å²) in [4.78, 5) is 18.1. The maximum atomic E-state index is 11.3. The van der Waals surface area contributed by atoms with Crippen LogP contribution in [0.5, 0.6) is 0 Å². The molecule has 0 aliphatic carbocycles. The van der Waals surface area contributed by atoms with Gasteiger partial charge in [-0.1, -0.05) is 25.1 Å². The number of fused-ring (bicyclic) bond motifs is 1. The second-order valence-electron chi connectivity index (χ2n) is 5.44. The summed E-state index contributed by atoms with van der Waals surface area (Å²) < 4.78 is 0. The summed E-state index contributed by atoms with van der Waals surface area (Å²) in [5.41, 5.74) is 1.53. The van der Waals surface area contributed by atoms with Crippen LogP contribution in [-0.4, -0.2) is 23.9 Å². The molecule has 19 heavy (non-hydrogen) atoms. The Morgan fingerprint density at radius 3 is 2.63 bits per heavy atom. The molecule has 0 bridgehead atoms. The van der Waals surface area contributed by atoms with E-state index in [-0.39, 0.29) is 5.54 Å². The van der Waals surface area contributed by atoms with Crippen molar-refractivity contribution in [2.24, 2.45) is 0 Å². The minimum absolute atomic E-state index is 0.0345. The van der Waals surface area contributed by atoms with Gasteiger partial charge in [-0.15, -0.1) is 0 Å². The number of aromatic nitrogens is 1. The van der Waals surface area contributed by atoms with Gasteiger partial charge in [0.1, 0.15) is 5.82 Å². The quantitative estimate of drug-likeness (QED) is 0.782. The monoisotopic (exact) mass is 256 g/mol. The first-order valence-corrected chi connectivity index (χ1v) is 6.58. The average molecular weight is 256 g/mol. The Morgan fingerprint density at radius 2 is 2.00 bits per heavy atom. The lowest BCUT2D eigenvalue weighted by Gasteiger charge is -2.36. The Balaban J connectivity index is 2.61. The summed E-state index contributed by atoms with van der Waals surface area (Å²) in [6.07, 6.45) is 1.87. The molecular weight excluding hydrogens is 236 g/mol. The predicted molar refractivity (Wildman–Crippen MR) is 79.9 cm³/mol. The van der Waals surface area contributed by atoms with E-state index < -0.39 is 0 Å². The van der Waals surface area contributed by atoms with E-state index in [2.05, 4.69) is 30.7 Å². The number of rotatable bonds is 4. The van der Waals surface area contributed by atoms with E-state index in [4.69, 9.17) is 0 Å². The SMILES string of the molecule is CCC(C)(C)N(C)c1nc2ccccc2cc1C=O. The highest BCUT2D eigenvalue weighted by Gasteiger charge is 2.24. The summed E-state index contributed by atoms with van der Waals surface area (Å²) in [6, 6.07) is 9.78. The van der Waals surface area contributed by atoms with Crippen LogP contribution in [0.15, 0.2) is 30.3 Å². The van der Waals surface area contributed by atoms with Gasteiger partial charge in [-0.2, -0.15) is 0 Å². The molecule has 3 heteroatoms. The minimum Gasteiger partial charge on any atom is -0.354 e. The van der Waals surface area contributed by atoms with E-state index in [1.807, 2.05) is 37.4 Å². The normalized spacial score (nSPS) is 11.6. The van der Waals surface area contributed by atoms with Gasteiger partial charge < -0.3 is 4.90 Å². The highest BCUT2D eigenvalue weighted by molar-refractivity contribution is 5.91. The van der Waals surface area contributed by atoms with Crippen molar-refractivity contribution < 1.29 is 4.79 Å². The van der Waals surface area contributed by atoms with E-state index in [0.29, 0.717) is 5.56 Å². The third-order valence-corrected chi connectivity index (χ3v) is 3.95. The Labute approximate surface area is 114 Å². The van der Waals surface area contributed by atoms with Gasteiger partial charge in [0, 0.05) is 18.0 Å². The molecule has 0 aliphatic rings. The molecule has 0 unspecified atom stereocenters. The third kappa shape index (κ3) is 2.46. The van der Waals surface area contributed by atoms with Gasteiger partial charge in [0.15, 0.2) is 6.29 Å². The van der Waals surface area contributed by atoms with Crippen LogP contribution in [0.2, 0.25) is 0 Å². The summed E-state index contributed by atoms with van der Waals surface area (Å²) >= 11 is 0. The molecule has 0 saturated carbocycles. The third-order valence-electron chi connectivity index (χ3n) is 3.95. The first kappa shape index (κ1) is 13.5. The van der Waals surface area contributed by atoms with Gasteiger partial charge in [0.2, 0.25) is 0 Å². The van der Waals surface area contributed by atoms with Crippen LogP contribution in [0, 0.1) is 0 Å². The summed E-state index contributed by atoms with van der Waals surface area (Å²) in [5.74, 6) is 0.751. The molecule has 0 radical (unpaired) electrons. The minimum atomic E-state index is -0.0345. The maximum absolute atomic E-state index is 11.3. The summed E-state index contributed by atoms with van der Waals surface area (Å²) in [6.45, 7) is 6.44. The Bertz CT molecular complexity index is 605. The fourth-order valence-electron chi connectivity index (χ4n) is 2.00. The Morgan fingerprint density at radius 1 is 1.32 bits per heavy atom. The number of pyridine rings is 1. The molecule has 0 aliphatic heterocycles. The van der Waals surface area contributed by atoms with Gasteiger partial charge in [0.05, 0.1) is 11.1 Å². The van der Waals surface area contributed by atoms with Crippen molar-refractivity contribution in [2.75, 3.05) is 11.9 Å². The van der Waals surface area contributed by atoms with Gasteiger partial charge in [-0.25, -0.2) is 4.98 Å². The van der Waals surface area contributed by atoms with Gasteiger partial charge in [0.25, 0.3) is 0 Å². The molecule has 100 valence electrons. The first-order valence-electron chi connectivity index (χ1n) is 6.58. The Kier molecular flexibility index (Phi) is 3.56. The van der Waals surface area contributed by atoms with E-state index >= 15 is 0 Å². The zero-order valence-corrected chi connectivity index (χ0v) is 12.0. The second-order valence-corrected chi connectivity index (χ2v) is 5.44. The summed E-state index contributed by atoms with van der Waals surface area (Å²) in [7, 11) is 1.99. The van der Waals surface area contributed by atoms with E-state index in [0.717, 1.165) is 29.4 Å². The molecule has 3 nitrogen and oxygen atoms in total. The topological polar surface area (TPSA) is 33.2 Å². The van der Waals surface area contributed by atoms with Crippen LogP contribution < -0.4 is 4.90 Å². The van der Waals surface area contributed by atoms with Gasteiger partial charge >= 0.3 is 0 Å². The lowest BCUT2D eigenvalue weighted by molar-refractivity contribution is 0.112. The van der Waals surface area contributed by atoms with Crippen LogP contribution in [0.1, 0.15) is 37.6 Å². The highest BCUT2D eigenvalue weighted by Crippen LogP contribution is 2.28. The highest BCUT2D eigenvalue weighted by atomic mass is 16.1. The number of benzene rings is 1. The first-order chi connectivity index (χ1) is 8.99. The largest absolute Gasteiger partial charge is 0.354 e. The van der Waals surface area contributed by atoms with Crippen molar-refractivity contribution in [1.82, 2.24) is 4.98 Å². The lowest BCUT2D eigenvalue weighted by atomic mass is 9.99. The molecule has 1 aromatic heterocycles. The summed E-state index contributed by atoms with van der Waals surface area (Å²) in [5, 5.41) is 0.996. The van der Waals surface area contributed by atoms with Crippen molar-refractivity contribution >= 4 is 23.0 Å². The van der Waals surface area contributed by atoms with Gasteiger partial charge in [-0.3, -0.25) is 4.79 Å². The zero-order valence-electron chi connectivity index (χ0n) is 12.0. The van der Waals surface area contributed by atoms with Crippen LogP contribution in [0.25, 0.3) is 10.9 Å². The van der Waals surface area contributed by atoms with Crippen molar-refractivity contribution in [3.63, 3.8) is 0 Å². The maximum Gasteiger partial charge on any atom is 0.153 e. The van der Waals surface area contributed by atoms with Gasteiger partial charge in [-0.05, 0) is 32.4 Å². The number of aldehydes is 1.